The molecule has 5 nitrogen and oxygen atoms in total. The quantitative estimate of drug-likeness (QED) is 0.852. The zero-order chi connectivity index (χ0) is 11.4. The van der Waals surface area contributed by atoms with Crippen molar-refractivity contribution < 1.29 is 9.32 Å². The van der Waals surface area contributed by atoms with E-state index in [-0.39, 0.29) is 5.91 Å². The molecule has 2 aromatic heterocycles. The summed E-state index contributed by atoms with van der Waals surface area (Å²) in [5.41, 5.74) is 0.538. The Bertz CT molecular complexity index is 479. The molecule has 0 unspecified atom stereocenters. The van der Waals surface area contributed by atoms with Gasteiger partial charge >= 0.3 is 0 Å². The van der Waals surface area contributed by atoms with Gasteiger partial charge in [-0.1, -0.05) is 12.1 Å². The first-order valence-corrected chi connectivity index (χ1v) is 4.96. The predicted molar refractivity (Wildman–Crippen MR) is 58.1 cm³/mol. The highest BCUT2D eigenvalue weighted by Crippen LogP contribution is 2.10. The number of nitrogens with zero attached hydrogens (tertiary/aromatic N) is 2. The van der Waals surface area contributed by atoms with E-state index in [1.807, 2.05) is 6.92 Å². The molecule has 0 aliphatic heterocycles. The Morgan fingerprint density at radius 2 is 2.19 bits per heavy atom. The van der Waals surface area contributed by atoms with Crippen LogP contribution in [0.3, 0.4) is 0 Å². The monoisotopic (exact) mass is 217 g/mol. The number of hydrogen-bond donors (Lipinski definition) is 1. The van der Waals surface area contributed by atoms with Gasteiger partial charge in [0.25, 0.3) is 5.91 Å². The Morgan fingerprint density at radius 3 is 2.81 bits per heavy atom. The lowest BCUT2D eigenvalue weighted by atomic mass is 10.2. The lowest BCUT2D eigenvalue weighted by molar-refractivity contribution is 0.102. The zero-order valence-corrected chi connectivity index (χ0v) is 8.80. The van der Waals surface area contributed by atoms with Gasteiger partial charge in [-0.3, -0.25) is 9.78 Å². The minimum Gasteiger partial charge on any atom is -0.359 e. The highest BCUT2D eigenvalue weighted by Gasteiger charge is 2.08. The van der Waals surface area contributed by atoms with Crippen molar-refractivity contribution in [1.29, 1.82) is 0 Å². The number of aryl methyl sites for hydroxylation is 1. The molecule has 0 saturated heterocycles. The van der Waals surface area contributed by atoms with Crippen molar-refractivity contribution >= 4 is 11.7 Å². The second kappa shape index (κ2) is 4.57. The molecule has 2 aromatic rings. The van der Waals surface area contributed by atoms with E-state index in [1.54, 1.807) is 30.6 Å². The van der Waals surface area contributed by atoms with Gasteiger partial charge in [0.05, 0.1) is 0 Å². The fourth-order valence-electron chi connectivity index (χ4n) is 1.23. The van der Waals surface area contributed by atoms with Gasteiger partial charge in [0.15, 0.2) is 5.82 Å². The number of anilines is 1. The highest BCUT2D eigenvalue weighted by atomic mass is 16.5. The van der Waals surface area contributed by atoms with Gasteiger partial charge in [-0.25, -0.2) is 0 Å². The molecule has 1 amide bonds. The van der Waals surface area contributed by atoms with Crippen molar-refractivity contribution in [3.05, 3.63) is 41.9 Å². The van der Waals surface area contributed by atoms with E-state index < -0.39 is 0 Å². The summed E-state index contributed by atoms with van der Waals surface area (Å²) in [6.45, 7) is 1.95. The first-order valence-electron chi connectivity index (χ1n) is 4.96. The normalized spacial score (nSPS) is 10.1. The van der Waals surface area contributed by atoms with E-state index in [0.717, 1.165) is 12.2 Å². The molecule has 0 bridgehead atoms. The number of aromatic nitrogens is 2. The number of rotatable bonds is 3. The largest absolute Gasteiger partial charge is 0.359 e. The molecule has 2 heterocycles. The summed E-state index contributed by atoms with van der Waals surface area (Å²) in [6.07, 6.45) is 3.88. The average Bonchev–Trinajstić information content (AvgIpc) is 2.78. The highest BCUT2D eigenvalue weighted by molar-refractivity contribution is 6.03. The summed E-state index contributed by atoms with van der Waals surface area (Å²) in [5.74, 6) is 0.946. The summed E-state index contributed by atoms with van der Waals surface area (Å²) in [4.78, 5) is 15.5. The standard InChI is InChI=1S/C11H11N3O2/c1-2-9-7-10(14-16-9)13-11(15)8-3-5-12-6-4-8/h3-7H,2H2,1H3,(H,13,14,15). The third-order valence-corrected chi connectivity index (χ3v) is 2.09. The van der Waals surface area contributed by atoms with Crippen LogP contribution in [0.15, 0.2) is 35.1 Å². The Labute approximate surface area is 92.5 Å². The minimum absolute atomic E-state index is 0.224. The van der Waals surface area contributed by atoms with Crippen molar-refractivity contribution in [1.82, 2.24) is 10.1 Å². The van der Waals surface area contributed by atoms with E-state index in [0.29, 0.717) is 11.4 Å². The summed E-state index contributed by atoms with van der Waals surface area (Å²) in [6, 6.07) is 4.98. The van der Waals surface area contributed by atoms with E-state index >= 15 is 0 Å². The van der Waals surface area contributed by atoms with Crippen molar-refractivity contribution in [3.63, 3.8) is 0 Å². The smallest absolute Gasteiger partial charge is 0.257 e. The van der Waals surface area contributed by atoms with Crippen LogP contribution in [0.5, 0.6) is 0 Å². The molecule has 0 aromatic carbocycles. The predicted octanol–water partition coefficient (Wildman–Crippen LogP) is 1.88. The van der Waals surface area contributed by atoms with Crippen LogP contribution in [0.4, 0.5) is 5.82 Å². The lowest BCUT2D eigenvalue weighted by Gasteiger charge is -1.99. The maximum absolute atomic E-state index is 11.7. The molecule has 1 N–H and O–H groups in total. The van der Waals surface area contributed by atoms with Crippen LogP contribution in [0.2, 0.25) is 0 Å². The van der Waals surface area contributed by atoms with Crippen LogP contribution < -0.4 is 5.32 Å². The third-order valence-electron chi connectivity index (χ3n) is 2.09. The Morgan fingerprint density at radius 1 is 1.44 bits per heavy atom. The van der Waals surface area contributed by atoms with E-state index in [1.165, 1.54) is 0 Å². The molecule has 0 aliphatic carbocycles. The van der Waals surface area contributed by atoms with Crippen LogP contribution >= 0.6 is 0 Å². The second-order valence-electron chi connectivity index (χ2n) is 3.22. The van der Waals surface area contributed by atoms with Gasteiger partial charge in [-0.2, -0.15) is 0 Å². The minimum atomic E-state index is -0.224. The summed E-state index contributed by atoms with van der Waals surface area (Å²) in [5, 5.41) is 6.37. The number of nitrogens with one attached hydrogen (secondary N) is 1. The van der Waals surface area contributed by atoms with Gasteiger partial charge in [-0.05, 0) is 12.1 Å². The molecule has 2 rings (SSSR count). The summed E-state index contributed by atoms with van der Waals surface area (Å²) < 4.78 is 4.97. The molecule has 0 saturated carbocycles. The first kappa shape index (κ1) is 10.4. The van der Waals surface area contributed by atoms with Gasteiger partial charge in [0, 0.05) is 30.4 Å². The van der Waals surface area contributed by atoms with Crippen LogP contribution in [0, 0.1) is 0 Å². The molecule has 0 fully saturated rings. The molecule has 0 aliphatic rings. The molecular weight excluding hydrogens is 206 g/mol. The molecular formula is C11H11N3O2. The maximum Gasteiger partial charge on any atom is 0.257 e. The number of carbonyl (C=O) groups is 1. The lowest BCUT2D eigenvalue weighted by Crippen LogP contribution is -2.11. The van der Waals surface area contributed by atoms with E-state index in [2.05, 4.69) is 15.5 Å². The molecule has 0 radical (unpaired) electrons. The average molecular weight is 217 g/mol. The van der Waals surface area contributed by atoms with Gasteiger partial charge in [0.1, 0.15) is 5.76 Å². The molecule has 0 atom stereocenters. The summed E-state index contributed by atoms with van der Waals surface area (Å²) >= 11 is 0. The number of hydrogen-bond acceptors (Lipinski definition) is 4. The molecule has 0 spiro atoms. The third kappa shape index (κ3) is 2.25. The summed E-state index contributed by atoms with van der Waals surface area (Å²) in [7, 11) is 0. The van der Waals surface area contributed by atoms with Crippen molar-refractivity contribution in [2.45, 2.75) is 13.3 Å². The first-order chi connectivity index (χ1) is 7.79. The van der Waals surface area contributed by atoms with Gasteiger partial charge in [-0.15, -0.1) is 0 Å². The fourth-order valence-corrected chi connectivity index (χ4v) is 1.23. The zero-order valence-electron chi connectivity index (χ0n) is 8.80. The SMILES string of the molecule is CCc1cc(NC(=O)c2ccncc2)no1. The van der Waals surface area contributed by atoms with Gasteiger partial charge < -0.3 is 9.84 Å². The van der Waals surface area contributed by atoms with Crippen LogP contribution in [-0.2, 0) is 6.42 Å². The van der Waals surface area contributed by atoms with E-state index in [9.17, 15) is 4.79 Å². The van der Waals surface area contributed by atoms with Crippen LogP contribution in [0.1, 0.15) is 23.0 Å². The van der Waals surface area contributed by atoms with Crippen molar-refractivity contribution in [2.75, 3.05) is 5.32 Å². The number of amides is 1. The molecule has 5 heteroatoms. The van der Waals surface area contributed by atoms with Crippen LogP contribution in [-0.4, -0.2) is 16.0 Å². The number of pyridine rings is 1. The molecule has 16 heavy (non-hydrogen) atoms. The topological polar surface area (TPSA) is 68.0 Å². The number of carbonyl (C=O) groups excluding carboxylic acids is 1. The van der Waals surface area contributed by atoms with Crippen molar-refractivity contribution in [3.8, 4) is 0 Å². The maximum atomic E-state index is 11.7. The molecule has 82 valence electrons. The fraction of sp³-hybridized carbons (Fsp3) is 0.182. The second-order valence-corrected chi connectivity index (χ2v) is 3.22. The Hall–Kier alpha value is -2.17. The van der Waals surface area contributed by atoms with Crippen molar-refractivity contribution in [2.24, 2.45) is 0 Å². The Kier molecular flexibility index (Phi) is 2.95. The Balaban J connectivity index is 2.08. The van der Waals surface area contributed by atoms with E-state index in [4.69, 9.17) is 4.52 Å². The van der Waals surface area contributed by atoms with Crippen LogP contribution in [0.25, 0.3) is 0 Å². The van der Waals surface area contributed by atoms with Gasteiger partial charge in [0.2, 0.25) is 0 Å².